The van der Waals surface area contributed by atoms with E-state index in [9.17, 15) is 14.2 Å². The number of halogens is 2. The minimum Gasteiger partial charge on any atom is -0.368 e. The first-order chi connectivity index (χ1) is 14.7. The van der Waals surface area contributed by atoms with Crippen molar-refractivity contribution >= 4 is 42.6 Å². The summed E-state index contributed by atoms with van der Waals surface area (Å²) in [5.41, 5.74) is 6.98. The largest absolute Gasteiger partial charge is 0.368 e. The van der Waals surface area contributed by atoms with Crippen molar-refractivity contribution in [2.45, 2.75) is 32.5 Å². The fourth-order valence-electron chi connectivity index (χ4n) is 2.90. The molecule has 0 aliphatic carbocycles. The van der Waals surface area contributed by atoms with Gasteiger partial charge in [-0.1, -0.05) is 41.4 Å². The third kappa shape index (κ3) is 7.34. The molecule has 0 bridgehead atoms. The molecule has 0 spiro atoms. The molecule has 2 aromatic rings. The van der Waals surface area contributed by atoms with Gasteiger partial charge in [-0.3, -0.25) is 14.2 Å². The highest BCUT2D eigenvalue weighted by atomic mass is 35.5. The molecule has 0 heterocycles. The van der Waals surface area contributed by atoms with Crippen molar-refractivity contribution in [1.82, 2.24) is 5.32 Å². The lowest BCUT2D eigenvalue weighted by Gasteiger charge is -2.18. The van der Waals surface area contributed by atoms with E-state index < -0.39 is 25.5 Å². The van der Waals surface area contributed by atoms with Crippen LogP contribution in [0, 0.1) is 0 Å². The van der Waals surface area contributed by atoms with Gasteiger partial charge in [-0.15, -0.1) is 0 Å². The average Bonchev–Trinajstić information content (AvgIpc) is 2.70. The summed E-state index contributed by atoms with van der Waals surface area (Å²) in [6.45, 7) is 4.01. The molecule has 2 amide bonds. The van der Waals surface area contributed by atoms with Gasteiger partial charge in [-0.05, 0) is 49.2 Å². The highest BCUT2D eigenvalue weighted by molar-refractivity contribution is 7.53. The quantitative estimate of drug-likeness (QED) is 0.451. The van der Waals surface area contributed by atoms with Crippen molar-refractivity contribution < 1.29 is 23.2 Å². The number of hydrogen-bond acceptors (Lipinski definition) is 5. The molecule has 0 fully saturated rings. The summed E-state index contributed by atoms with van der Waals surface area (Å²) in [6, 6.07) is 10.4. The number of nitrogens with one attached hydrogen (secondary N) is 1. The van der Waals surface area contributed by atoms with E-state index in [4.69, 9.17) is 38.0 Å². The first-order valence-corrected chi connectivity index (χ1v) is 12.2. The van der Waals surface area contributed by atoms with Crippen LogP contribution in [0.1, 0.15) is 35.3 Å². The number of hydrogen-bond donors (Lipinski definition) is 2. The Labute approximate surface area is 191 Å². The number of nitrogens with two attached hydrogens (primary N) is 1. The van der Waals surface area contributed by atoms with Crippen molar-refractivity contribution in [3.63, 3.8) is 0 Å². The smallest absolute Gasteiger partial charge is 0.335 e. The Kier molecular flexibility index (Phi) is 9.54. The molecule has 0 saturated carbocycles. The lowest BCUT2D eigenvalue weighted by molar-refractivity contribution is -0.119. The topological polar surface area (TPSA) is 108 Å². The molecular weight excluding hydrogens is 462 g/mol. The SMILES string of the molecule is CCOP(=O)(Cc1ccc(C(=O)N[C@@H](Cc2c(Cl)cccc2Cl)C(N)=O)cc1)OCC. The number of carbonyl (C=O) groups is 2. The van der Waals surface area contributed by atoms with Crippen LogP contribution >= 0.6 is 30.8 Å². The van der Waals surface area contributed by atoms with Crippen molar-refractivity contribution in [2.75, 3.05) is 13.2 Å². The number of primary amides is 1. The molecule has 31 heavy (non-hydrogen) atoms. The molecule has 10 heteroatoms. The first-order valence-electron chi connectivity index (χ1n) is 9.69. The van der Waals surface area contributed by atoms with Crippen LogP contribution < -0.4 is 11.1 Å². The second-order valence-corrected chi connectivity index (χ2v) is 9.50. The standard InChI is InChI=1S/C21H25Cl2N2O5P/c1-3-29-31(28,30-4-2)13-14-8-10-15(11-9-14)21(27)25-19(20(24)26)12-16-17(22)6-5-7-18(16)23/h5-11,19H,3-4,12-13H2,1-2H3,(H2,24,26)(H,25,27)/t19-/m0/s1. The van der Waals surface area contributed by atoms with Crippen molar-refractivity contribution in [3.8, 4) is 0 Å². The number of amides is 2. The van der Waals surface area contributed by atoms with E-state index in [-0.39, 0.29) is 25.8 Å². The normalized spacial score (nSPS) is 12.4. The monoisotopic (exact) mass is 486 g/mol. The van der Waals surface area contributed by atoms with Crippen molar-refractivity contribution in [2.24, 2.45) is 5.73 Å². The van der Waals surface area contributed by atoms with Gasteiger partial charge in [0.25, 0.3) is 5.91 Å². The van der Waals surface area contributed by atoms with Gasteiger partial charge in [0.15, 0.2) is 0 Å². The maximum atomic E-state index is 12.7. The molecule has 0 aromatic heterocycles. The van der Waals surface area contributed by atoms with Crippen LogP contribution in [0.2, 0.25) is 10.0 Å². The van der Waals surface area contributed by atoms with E-state index in [1.165, 1.54) is 0 Å². The summed E-state index contributed by atoms with van der Waals surface area (Å²) >= 11 is 12.3. The minimum absolute atomic E-state index is 0.0591. The Morgan fingerprint density at radius 3 is 2.06 bits per heavy atom. The molecule has 1 atom stereocenters. The molecule has 2 rings (SSSR count). The Morgan fingerprint density at radius 1 is 1.03 bits per heavy atom. The third-order valence-corrected chi connectivity index (χ3v) is 7.13. The van der Waals surface area contributed by atoms with E-state index in [1.807, 2.05) is 0 Å². The van der Waals surface area contributed by atoms with E-state index >= 15 is 0 Å². The second kappa shape index (κ2) is 11.7. The van der Waals surface area contributed by atoms with Crippen LogP contribution in [-0.4, -0.2) is 31.1 Å². The van der Waals surface area contributed by atoms with Gasteiger partial charge in [-0.2, -0.15) is 0 Å². The van der Waals surface area contributed by atoms with Gasteiger partial charge in [0.1, 0.15) is 6.04 Å². The zero-order valence-corrected chi connectivity index (χ0v) is 19.7. The molecular formula is C21H25Cl2N2O5P. The average molecular weight is 487 g/mol. The van der Waals surface area contributed by atoms with E-state index in [2.05, 4.69) is 5.32 Å². The lowest BCUT2D eigenvalue weighted by atomic mass is 10.0. The van der Waals surface area contributed by atoms with Crippen LogP contribution in [0.3, 0.4) is 0 Å². The number of carbonyl (C=O) groups excluding carboxylic acids is 2. The van der Waals surface area contributed by atoms with Crippen LogP contribution in [0.4, 0.5) is 0 Å². The molecule has 0 aliphatic heterocycles. The molecule has 168 valence electrons. The van der Waals surface area contributed by atoms with Gasteiger partial charge < -0.3 is 20.1 Å². The molecule has 0 radical (unpaired) electrons. The van der Waals surface area contributed by atoms with Crippen LogP contribution in [0.15, 0.2) is 42.5 Å². The van der Waals surface area contributed by atoms with Crippen molar-refractivity contribution in [3.05, 3.63) is 69.2 Å². The molecule has 0 aliphatic rings. The summed E-state index contributed by atoms with van der Waals surface area (Å²) in [6.07, 6.45) is 0.148. The highest BCUT2D eigenvalue weighted by Gasteiger charge is 2.25. The van der Waals surface area contributed by atoms with E-state index in [0.717, 1.165) is 0 Å². The molecule has 0 unspecified atom stereocenters. The maximum Gasteiger partial charge on any atom is 0.335 e. The van der Waals surface area contributed by atoms with Crippen molar-refractivity contribution in [1.29, 1.82) is 0 Å². The molecule has 0 saturated heterocycles. The lowest BCUT2D eigenvalue weighted by Crippen LogP contribution is -2.46. The van der Waals surface area contributed by atoms with Crippen LogP contribution in [0.5, 0.6) is 0 Å². The third-order valence-electron chi connectivity index (χ3n) is 4.36. The van der Waals surface area contributed by atoms with E-state index in [0.29, 0.717) is 26.7 Å². The zero-order chi connectivity index (χ0) is 23.0. The zero-order valence-electron chi connectivity index (χ0n) is 17.3. The fourth-order valence-corrected chi connectivity index (χ4v) is 5.16. The Balaban J connectivity index is 2.11. The Hall–Kier alpha value is -1.89. The van der Waals surface area contributed by atoms with Gasteiger partial charge in [0.2, 0.25) is 5.91 Å². The molecule has 7 nitrogen and oxygen atoms in total. The predicted molar refractivity (Wildman–Crippen MR) is 122 cm³/mol. The summed E-state index contributed by atoms with van der Waals surface area (Å²) in [4.78, 5) is 24.5. The second-order valence-electron chi connectivity index (χ2n) is 6.63. The van der Waals surface area contributed by atoms with Gasteiger partial charge >= 0.3 is 7.60 Å². The Morgan fingerprint density at radius 2 is 1.58 bits per heavy atom. The van der Waals surface area contributed by atoms with Crippen LogP contribution in [-0.2, 0) is 31.0 Å². The summed E-state index contributed by atoms with van der Waals surface area (Å²) in [7, 11) is -3.25. The van der Waals surface area contributed by atoms with Gasteiger partial charge in [-0.25, -0.2) is 0 Å². The minimum atomic E-state index is -3.25. The number of benzene rings is 2. The number of rotatable bonds is 11. The van der Waals surface area contributed by atoms with Gasteiger partial charge in [0, 0.05) is 22.0 Å². The fraction of sp³-hybridized carbons (Fsp3) is 0.333. The predicted octanol–water partition coefficient (Wildman–Crippen LogP) is 4.59. The summed E-state index contributed by atoms with van der Waals surface area (Å²) < 4.78 is 23.2. The van der Waals surface area contributed by atoms with Gasteiger partial charge in [0.05, 0.1) is 19.4 Å². The van der Waals surface area contributed by atoms with Crippen LogP contribution in [0.25, 0.3) is 0 Å². The maximum absolute atomic E-state index is 12.7. The Bertz CT molecular complexity index is 938. The summed E-state index contributed by atoms with van der Waals surface area (Å²) in [5.74, 6) is -1.20. The molecule has 3 N–H and O–H groups in total. The van der Waals surface area contributed by atoms with E-state index in [1.54, 1.807) is 56.3 Å². The first kappa shape index (κ1) is 25.4. The highest BCUT2D eigenvalue weighted by Crippen LogP contribution is 2.51. The molecule has 2 aromatic carbocycles. The summed E-state index contributed by atoms with van der Waals surface area (Å²) in [5, 5.41) is 3.37.